The molecule has 0 amide bonds. The molecule has 1 heteroatoms. The molecule has 0 aromatic carbocycles. The van der Waals surface area contributed by atoms with Crippen molar-refractivity contribution >= 4 is 0 Å². The molecule has 2 fully saturated rings. The molecule has 2 saturated heterocycles. The van der Waals surface area contributed by atoms with Gasteiger partial charge in [-0.3, -0.25) is 4.90 Å². The van der Waals surface area contributed by atoms with E-state index in [1.54, 1.807) is 0 Å². The van der Waals surface area contributed by atoms with Gasteiger partial charge in [0.05, 0.1) is 0 Å². The highest BCUT2D eigenvalue weighted by Gasteiger charge is 2.39. The second-order valence-electron chi connectivity index (χ2n) is 6.26. The number of piperidine rings is 2. The third-order valence-electron chi connectivity index (χ3n) is 4.61. The van der Waals surface area contributed by atoms with Crippen molar-refractivity contribution in [1.82, 2.24) is 4.90 Å². The molecule has 0 radical (unpaired) electrons. The van der Waals surface area contributed by atoms with Crippen LogP contribution in [0.1, 0.15) is 59.8 Å². The van der Waals surface area contributed by atoms with E-state index in [9.17, 15) is 0 Å². The smallest absolute Gasteiger partial charge is 0.0104 e. The van der Waals surface area contributed by atoms with Gasteiger partial charge >= 0.3 is 0 Å². The van der Waals surface area contributed by atoms with Crippen LogP contribution in [0.4, 0.5) is 0 Å². The van der Waals surface area contributed by atoms with E-state index >= 15 is 0 Å². The van der Waals surface area contributed by atoms with E-state index in [2.05, 4.69) is 32.6 Å². The largest absolute Gasteiger partial charge is 0.295 e. The molecular weight excluding hydrogens is 182 g/mol. The molecule has 0 aromatic rings. The van der Waals surface area contributed by atoms with Gasteiger partial charge in [-0.25, -0.2) is 0 Å². The van der Waals surface area contributed by atoms with Crippen LogP contribution in [0.5, 0.6) is 0 Å². The monoisotopic (exact) mass is 209 g/mol. The summed E-state index contributed by atoms with van der Waals surface area (Å²) >= 11 is 0. The van der Waals surface area contributed by atoms with Crippen LogP contribution in [0.25, 0.3) is 0 Å². The fourth-order valence-corrected chi connectivity index (χ4v) is 3.85. The van der Waals surface area contributed by atoms with Gasteiger partial charge in [0.15, 0.2) is 0 Å². The van der Waals surface area contributed by atoms with Gasteiger partial charge in [0.25, 0.3) is 0 Å². The third-order valence-corrected chi connectivity index (χ3v) is 4.61. The summed E-state index contributed by atoms with van der Waals surface area (Å²) in [6, 6.07) is 2.57. The predicted octanol–water partition coefficient (Wildman–Crippen LogP) is 3.68. The van der Waals surface area contributed by atoms with Crippen molar-refractivity contribution in [1.29, 1.82) is 0 Å². The summed E-state index contributed by atoms with van der Waals surface area (Å²) in [7, 11) is 0. The van der Waals surface area contributed by atoms with Crippen LogP contribution in [0, 0.1) is 11.8 Å². The van der Waals surface area contributed by atoms with E-state index in [1.165, 1.54) is 32.1 Å². The number of nitrogens with zero attached hydrogens (tertiary/aromatic N) is 1. The molecule has 2 aliphatic rings. The van der Waals surface area contributed by atoms with E-state index in [0.717, 1.165) is 30.0 Å². The molecule has 15 heavy (non-hydrogen) atoms. The highest BCUT2D eigenvalue weighted by Crippen LogP contribution is 2.40. The minimum Gasteiger partial charge on any atom is -0.295 e. The maximum absolute atomic E-state index is 2.82. The van der Waals surface area contributed by atoms with Crippen LogP contribution in [-0.4, -0.2) is 23.0 Å². The molecule has 2 aliphatic heterocycles. The van der Waals surface area contributed by atoms with Crippen molar-refractivity contribution in [2.75, 3.05) is 0 Å². The molecular formula is C14H27N. The van der Waals surface area contributed by atoms with Gasteiger partial charge in [0.1, 0.15) is 0 Å². The van der Waals surface area contributed by atoms with Crippen molar-refractivity contribution in [3.63, 3.8) is 0 Å². The van der Waals surface area contributed by atoms with Crippen molar-refractivity contribution in [3.05, 3.63) is 0 Å². The first-order chi connectivity index (χ1) is 7.09. The highest BCUT2D eigenvalue weighted by atomic mass is 15.2. The van der Waals surface area contributed by atoms with Crippen LogP contribution in [0.2, 0.25) is 0 Å². The van der Waals surface area contributed by atoms with E-state index < -0.39 is 0 Å². The van der Waals surface area contributed by atoms with Gasteiger partial charge in [-0.1, -0.05) is 20.3 Å². The summed E-state index contributed by atoms with van der Waals surface area (Å²) in [4.78, 5) is 2.82. The Bertz CT molecular complexity index is 195. The lowest BCUT2D eigenvalue weighted by atomic mass is 9.73. The standard InChI is InChI=1S/C14H27N/c1-10(2)12-8-13-6-5-7-14(9-12)15(13)11(3)4/h10-14H,5-9H2,1-4H3/t12?,13-,14+. The van der Waals surface area contributed by atoms with Crippen LogP contribution < -0.4 is 0 Å². The topological polar surface area (TPSA) is 3.24 Å². The van der Waals surface area contributed by atoms with Crippen molar-refractivity contribution in [2.24, 2.45) is 11.8 Å². The van der Waals surface area contributed by atoms with Gasteiger partial charge < -0.3 is 0 Å². The Balaban J connectivity index is 2.08. The second kappa shape index (κ2) is 4.45. The molecule has 1 nitrogen and oxygen atoms in total. The van der Waals surface area contributed by atoms with Crippen molar-refractivity contribution in [3.8, 4) is 0 Å². The summed E-state index contributed by atoms with van der Waals surface area (Å²) in [5, 5.41) is 0. The van der Waals surface area contributed by atoms with Gasteiger partial charge in [-0.2, -0.15) is 0 Å². The minimum absolute atomic E-state index is 0.758. The lowest BCUT2D eigenvalue weighted by Gasteiger charge is -2.52. The zero-order chi connectivity index (χ0) is 11.0. The Kier molecular flexibility index (Phi) is 3.39. The van der Waals surface area contributed by atoms with Crippen molar-refractivity contribution < 1.29 is 0 Å². The molecule has 1 unspecified atom stereocenters. The number of hydrogen-bond donors (Lipinski definition) is 0. The van der Waals surface area contributed by atoms with E-state index in [1.807, 2.05) is 0 Å². The molecule has 0 aliphatic carbocycles. The molecule has 0 N–H and O–H groups in total. The predicted molar refractivity (Wildman–Crippen MR) is 66.0 cm³/mol. The second-order valence-corrected chi connectivity index (χ2v) is 6.26. The van der Waals surface area contributed by atoms with Crippen LogP contribution >= 0.6 is 0 Å². The van der Waals surface area contributed by atoms with Gasteiger partial charge in [-0.15, -0.1) is 0 Å². The minimum atomic E-state index is 0.758. The molecule has 2 heterocycles. The Morgan fingerprint density at radius 3 is 1.87 bits per heavy atom. The molecule has 88 valence electrons. The average Bonchev–Trinajstić information content (AvgIpc) is 2.15. The number of hydrogen-bond acceptors (Lipinski definition) is 1. The number of fused-ring (bicyclic) bond motifs is 2. The molecule has 0 saturated carbocycles. The zero-order valence-corrected chi connectivity index (χ0v) is 10.9. The zero-order valence-electron chi connectivity index (χ0n) is 10.9. The van der Waals surface area contributed by atoms with E-state index in [-0.39, 0.29) is 0 Å². The first-order valence-electron chi connectivity index (χ1n) is 6.87. The van der Waals surface area contributed by atoms with Crippen LogP contribution in [0.3, 0.4) is 0 Å². The Morgan fingerprint density at radius 2 is 1.47 bits per heavy atom. The fourth-order valence-electron chi connectivity index (χ4n) is 3.85. The SMILES string of the molecule is CC(C)C1C[C@H]2CCC[C@@H](C1)N2C(C)C. The normalized spacial score (nSPS) is 37.6. The first-order valence-corrected chi connectivity index (χ1v) is 6.87. The van der Waals surface area contributed by atoms with E-state index in [0.29, 0.717) is 0 Å². The Hall–Kier alpha value is -0.0400. The van der Waals surface area contributed by atoms with Gasteiger partial charge in [-0.05, 0) is 51.4 Å². The lowest BCUT2D eigenvalue weighted by Crippen LogP contribution is -2.55. The Morgan fingerprint density at radius 1 is 0.933 bits per heavy atom. The molecule has 2 rings (SSSR count). The summed E-state index contributed by atoms with van der Waals surface area (Å²) in [5.74, 6) is 1.89. The first kappa shape index (κ1) is 11.4. The number of rotatable bonds is 2. The van der Waals surface area contributed by atoms with Crippen LogP contribution in [0.15, 0.2) is 0 Å². The maximum Gasteiger partial charge on any atom is 0.0104 e. The molecule has 2 bridgehead atoms. The van der Waals surface area contributed by atoms with E-state index in [4.69, 9.17) is 0 Å². The summed E-state index contributed by atoms with van der Waals surface area (Å²) in [6.07, 6.45) is 7.32. The maximum atomic E-state index is 2.82. The quantitative estimate of drug-likeness (QED) is 0.670. The lowest BCUT2D eigenvalue weighted by molar-refractivity contribution is -0.0195. The summed E-state index contributed by atoms with van der Waals surface area (Å²) in [5.41, 5.74) is 0. The average molecular weight is 209 g/mol. The Labute approximate surface area is 95.2 Å². The van der Waals surface area contributed by atoms with Crippen molar-refractivity contribution in [2.45, 2.75) is 77.9 Å². The molecule has 0 spiro atoms. The highest BCUT2D eigenvalue weighted by molar-refractivity contribution is 4.94. The summed E-state index contributed by atoms with van der Waals surface area (Å²) in [6.45, 7) is 9.57. The molecule has 3 atom stereocenters. The fraction of sp³-hybridized carbons (Fsp3) is 1.00. The van der Waals surface area contributed by atoms with Crippen LogP contribution in [-0.2, 0) is 0 Å². The van der Waals surface area contributed by atoms with Gasteiger partial charge in [0.2, 0.25) is 0 Å². The third kappa shape index (κ3) is 2.22. The summed E-state index contributed by atoms with van der Waals surface area (Å²) < 4.78 is 0. The molecule has 0 aromatic heterocycles. The van der Waals surface area contributed by atoms with Gasteiger partial charge in [0, 0.05) is 18.1 Å².